The molecule has 0 bridgehead atoms. The Balaban J connectivity index is 2.57. The largest absolute Gasteiger partial charge is 0.462 e. The van der Waals surface area contributed by atoms with Crippen molar-refractivity contribution < 1.29 is 19.2 Å². The highest BCUT2D eigenvalue weighted by atomic mass is 79.9. The Bertz CT molecular complexity index is 885. The van der Waals surface area contributed by atoms with Gasteiger partial charge in [-0.25, -0.2) is 4.79 Å². The summed E-state index contributed by atoms with van der Waals surface area (Å²) < 4.78 is 5.77. The lowest BCUT2D eigenvalue weighted by molar-refractivity contribution is -0.384. The van der Waals surface area contributed by atoms with Gasteiger partial charge in [0.2, 0.25) is 5.91 Å². The van der Waals surface area contributed by atoms with Gasteiger partial charge in [-0.15, -0.1) is 0 Å². The first-order valence-corrected chi connectivity index (χ1v) is 9.67. The van der Waals surface area contributed by atoms with Gasteiger partial charge in [0.1, 0.15) is 5.69 Å². The first-order chi connectivity index (χ1) is 13.4. The van der Waals surface area contributed by atoms with Crippen molar-refractivity contribution in [2.45, 2.75) is 33.2 Å². The van der Waals surface area contributed by atoms with E-state index in [0.29, 0.717) is 6.42 Å². The van der Waals surface area contributed by atoms with Gasteiger partial charge in [0.25, 0.3) is 5.69 Å². The molecule has 0 N–H and O–H groups in total. The number of anilines is 1. The number of ether oxygens (including phenoxy) is 1. The molecule has 2 aromatic carbocycles. The molecule has 148 valence electrons. The minimum absolute atomic E-state index is 0.0738. The van der Waals surface area contributed by atoms with Gasteiger partial charge in [-0.05, 0) is 37.1 Å². The molecule has 0 saturated heterocycles. The molecule has 0 aliphatic rings. The molecule has 8 heteroatoms. The monoisotopic (exact) mass is 448 g/mol. The Hall–Kier alpha value is -2.74. The Kier molecular flexibility index (Phi) is 7.69. The molecular formula is C20H21BrN2O5. The number of benzene rings is 2. The lowest BCUT2D eigenvalue weighted by Gasteiger charge is -2.24. The minimum Gasteiger partial charge on any atom is -0.462 e. The second kappa shape index (κ2) is 9.98. The summed E-state index contributed by atoms with van der Waals surface area (Å²) in [6.45, 7) is 3.85. The average Bonchev–Trinajstić information content (AvgIpc) is 2.67. The third kappa shape index (κ3) is 5.16. The highest BCUT2D eigenvalue weighted by molar-refractivity contribution is 9.10. The number of carbonyl (C=O) groups excluding carboxylic acids is 2. The van der Waals surface area contributed by atoms with Crippen molar-refractivity contribution in [3.05, 3.63) is 68.2 Å². The molecule has 0 heterocycles. The minimum atomic E-state index is -0.595. The average molecular weight is 449 g/mol. The maximum atomic E-state index is 12.8. The summed E-state index contributed by atoms with van der Waals surface area (Å²) in [5.74, 6) is -0.857. The van der Waals surface area contributed by atoms with Crippen molar-refractivity contribution in [2.24, 2.45) is 0 Å². The van der Waals surface area contributed by atoms with Crippen LogP contribution in [-0.4, -0.2) is 23.4 Å². The predicted octanol–water partition coefficient (Wildman–Crippen LogP) is 4.87. The van der Waals surface area contributed by atoms with Crippen molar-refractivity contribution in [3.8, 4) is 0 Å². The van der Waals surface area contributed by atoms with E-state index in [9.17, 15) is 19.7 Å². The number of nitro groups is 1. The lowest BCUT2D eigenvalue weighted by Crippen LogP contribution is -2.31. The van der Waals surface area contributed by atoms with Gasteiger partial charge in [0, 0.05) is 17.0 Å². The van der Waals surface area contributed by atoms with Crippen LogP contribution in [-0.2, 0) is 16.1 Å². The molecule has 0 aromatic heterocycles. The Labute approximate surface area is 171 Å². The second-order valence-corrected chi connectivity index (χ2v) is 6.86. The number of esters is 1. The molecule has 0 spiro atoms. The molecule has 0 saturated carbocycles. The van der Waals surface area contributed by atoms with Crippen molar-refractivity contribution in [3.63, 3.8) is 0 Å². The lowest BCUT2D eigenvalue weighted by atomic mass is 10.1. The zero-order valence-electron chi connectivity index (χ0n) is 15.7. The Morgan fingerprint density at radius 3 is 2.50 bits per heavy atom. The molecule has 2 rings (SSSR count). The third-order valence-corrected chi connectivity index (χ3v) is 4.80. The molecule has 7 nitrogen and oxygen atoms in total. The molecule has 0 unspecified atom stereocenters. The van der Waals surface area contributed by atoms with Crippen LogP contribution < -0.4 is 4.90 Å². The molecule has 28 heavy (non-hydrogen) atoms. The van der Waals surface area contributed by atoms with Crippen LogP contribution in [0.3, 0.4) is 0 Å². The summed E-state index contributed by atoms with van der Waals surface area (Å²) >= 11 is 3.45. The maximum Gasteiger partial charge on any atom is 0.338 e. The van der Waals surface area contributed by atoms with Gasteiger partial charge < -0.3 is 9.64 Å². The van der Waals surface area contributed by atoms with E-state index < -0.39 is 10.9 Å². The summed E-state index contributed by atoms with van der Waals surface area (Å²) in [6, 6.07) is 11.2. The van der Waals surface area contributed by atoms with Gasteiger partial charge in [-0.3, -0.25) is 14.9 Å². The van der Waals surface area contributed by atoms with Crippen LogP contribution >= 0.6 is 15.9 Å². The van der Waals surface area contributed by atoms with Crippen LogP contribution in [0.2, 0.25) is 0 Å². The van der Waals surface area contributed by atoms with Crippen LogP contribution in [0.4, 0.5) is 11.4 Å². The van der Waals surface area contributed by atoms with Crippen LogP contribution in [0.5, 0.6) is 0 Å². The quantitative estimate of drug-likeness (QED) is 0.326. The number of rotatable bonds is 8. The molecule has 0 aliphatic heterocycles. The smallest absolute Gasteiger partial charge is 0.338 e. The summed E-state index contributed by atoms with van der Waals surface area (Å²) in [6.07, 6.45) is 0.821. The highest BCUT2D eigenvalue weighted by Gasteiger charge is 2.26. The highest BCUT2D eigenvalue weighted by Crippen LogP contribution is 2.32. The second-order valence-electron chi connectivity index (χ2n) is 6.00. The van der Waals surface area contributed by atoms with Crippen LogP contribution in [0.25, 0.3) is 0 Å². The SMILES string of the molecule is CCCC(=O)N(Cc1ccccc1Br)c1cc(C(=O)OCC)ccc1[N+](=O)[O-]. The third-order valence-electron chi connectivity index (χ3n) is 4.03. The fraction of sp³-hybridized carbons (Fsp3) is 0.300. The van der Waals surface area contributed by atoms with E-state index in [1.807, 2.05) is 31.2 Å². The zero-order valence-corrected chi connectivity index (χ0v) is 17.3. The Morgan fingerprint density at radius 1 is 1.18 bits per heavy atom. The molecular weight excluding hydrogens is 428 g/mol. The van der Waals surface area contributed by atoms with Gasteiger partial charge in [-0.2, -0.15) is 0 Å². The van der Waals surface area contributed by atoms with Crippen LogP contribution in [0.1, 0.15) is 42.6 Å². The van der Waals surface area contributed by atoms with E-state index >= 15 is 0 Å². The van der Waals surface area contributed by atoms with E-state index in [0.717, 1.165) is 10.0 Å². The number of amides is 1. The summed E-state index contributed by atoms with van der Waals surface area (Å²) in [5.41, 5.74) is 0.779. The Morgan fingerprint density at radius 2 is 1.89 bits per heavy atom. The van der Waals surface area contributed by atoms with Gasteiger partial charge in [-0.1, -0.05) is 41.1 Å². The molecule has 2 aromatic rings. The van der Waals surface area contributed by atoms with E-state index in [1.54, 1.807) is 6.92 Å². The first-order valence-electron chi connectivity index (χ1n) is 8.88. The number of nitrogens with zero attached hydrogens (tertiary/aromatic N) is 2. The van der Waals surface area contributed by atoms with Crippen molar-refractivity contribution in [1.29, 1.82) is 0 Å². The van der Waals surface area contributed by atoms with Gasteiger partial charge >= 0.3 is 5.97 Å². The van der Waals surface area contributed by atoms with Crippen LogP contribution in [0, 0.1) is 10.1 Å². The first kappa shape index (κ1) is 21.6. The van der Waals surface area contributed by atoms with Crippen molar-refractivity contribution in [2.75, 3.05) is 11.5 Å². The predicted molar refractivity (Wildman–Crippen MR) is 109 cm³/mol. The van der Waals surface area contributed by atoms with Gasteiger partial charge in [0.05, 0.1) is 23.6 Å². The van der Waals surface area contributed by atoms with Gasteiger partial charge in [0.15, 0.2) is 0 Å². The van der Waals surface area contributed by atoms with E-state index in [2.05, 4.69) is 15.9 Å². The fourth-order valence-corrected chi connectivity index (χ4v) is 3.10. The summed E-state index contributed by atoms with van der Waals surface area (Å²) in [5, 5.41) is 11.6. The number of nitro benzene ring substituents is 1. The molecule has 0 aliphatic carbocycles. The molecule has 0 radical (unpaired) electrons. The maximum absolute atomic E-state index is 12.8. The normalized spacial score (nSPS) is 10.4. The van der Waals surface area contributed by atoms with E-state index in [1.165, 1.54) is 23.1 Å². The zero-order chi connectivity index (χ0) is 20.7. The van der Waals surface area contributed by atoms with Crippen molar-refractivity contribution >= 4 is 39.2 Å². The van der Waals surface area contributed by atoms with E-state index in [-0.39, 0.29) is 42.4 Å². The standard InChI is InChI=1S/C20H21BrN2O5/c1-3-7-19(24)22(13-15-8-5-6-9-16(15)21)18-12-14(20(25)28-4-2)10-11-17(18)23(26)27/h5-6,8-12H,3-4,7,13H2,1-2H3. The number of halogens is 1. The van der Waals surface area contributed by atoms with Crippen LogP contribution in [0.15, 0.2) is 46.9 Å². The topological polar surface area (TPSA) is 89.8 Å². The summed E-state index contributed by atoms with van der Waals surface area (Å²) in [4.78, 5) is 37.3. The van der Waals surface area contributed by atoms with Crippen molar-refractivity contribution in [1.82, 2.24) is 0 Å². The summed E-state index contributed by atoms with van der Waals surface area (Å²) in [7, 11) is 0. The fourth-order valence-electron chi connectivity index (χ4n) is 2.69. The molecule has 0 atom stereocenters. The van der Waals surface area contributed by atoms with E-state index in [4.69, 9.17) is 4.74 Å². The molecule has 1 amide bonds. The number of hydrogen-bond acceptors (Lipinski definition) is 5. The number of carbonyl (C=O) groups is 2. The molecule has 0 fully saturated rings. The number of hydrogen-bond donors (Lipinski definition) is 0.